The van der Waals surface area contributed by atoms with Crippen LogP contribution >= 0.6 is 11.8 Å². The van der Waals surface area contributed by atoms with Crippen LogP contribution in [0.15, 0.2) is 46.9 Å². The van der Waals surface area contributed by atoms with Gasteiger partial charge in [-0.15, -0.1) is 0 Å². The molecule has 1 atom stereocenters. The van der Waals surface area contributed by atoms with Gasteiger partial charge in [-0.05, 0) is 37.0 Å². The average molecular weight is 321 g/mol. The topological polar surface area (TPSA) is 9.23 Å². The summed E-state index contributed by atoms with van der Waals surface area (Å²) in [5, 5.41) is 0. The Hall–Kier alpha value is -0.513. The molecule has 0 bridgehead atoms. The van der Waals surface area contributed by atoms with E-state index in [0.717, 1.165) is 12.8 Å². The standard InChI is InChI=1S/C18H28OSSi/c1-17(2,3)16-13-9-10-14-18(16,19-21(4,5)6)20-15-11-7-8-12-15/h7,9-13H,8,14H2,1-6H3. The van der Waals surface area contributed by atoms with Crippen molar-refractivity contribution >= 4 is 20.1 Å². The van der Waals surface area contributed by atoms with E-state index in [0.29, 0.717) is 0 Å². The van der Waals surface area contributed by atoms with Crippen molar-refractivity contribution in [2.24, 2.45) is 5.41 Å². The predicted octanol–water partition coefficient (Wildman–Crippen LogP) is 6.04. The van der Waals surface area contributed by atoms with Gasteiger partial charge >= 0.3 is 0 Å². The summed E-state index contributed by atoms with van der Waals surface area (Å²) in [7, 11) is -1.66. The second kappa shape index (κ2) is 5.94. The fourth-order valence-corrected chi connectivity index (χ4v) is 6.34. The zero-order valence-corrected chi connectivity index (χ0v) is 16.0. The number of hydrogen-bond donors (Lipinski definition) is 0. The molecule has 0 N–H and O–H groups in total. The zero-order valence-electron chi connectivity index (χ0n) is 14.2. The summed E-state index contributed by atoms with van der Waals surface area (Å²) < 4.78 is 6.77. The Balaban J connectivity index is 2.41. The maximum absolute atomic E-state index is 6.77. The lowest BCUT2D eigenvalue weighted by Gasteiger charge is -2.45. The molecular weight excluding hydrogens is 292 g/mol. The van der Waals surface area contributed by atoms with Gasteiger partial charge in [0.25, 0.3) is 0 Å². The van der Waals surface area contributed by atoms with Crippen LogP contribution in [0, 0.1) is 5.41 Å². The van der Waals surface area contributed by atoms with E-state index in [-0.39, 0.29) is 10.3 Å². The van der Waals surface area contributed by atoms with Crippen molar-refractivity contribution in [1.82, 2.24) is 0 Å². The van der Waals surface area contributed by atoms with E-state index >= 15 is 0 Å². The van der Waals surface area contributed by atoms with Crippen molar-refractivity contribution in [2.45, 2.75) is 58.2 Å². The van der Waals surface area contributed by atoms with E-state index < -0.39 is 8.32 Å². The first kappa shape index (κ1) is 16.9. The van der Waals surface area contributed by atoms with Gasteiger partial charge in [0.05, 0.1) is 0 Å². The van der Waals surface area contributed by atoms with Crippen molar-refractivity contribution in [3.8, 4) is 0 Å². The Labute approximate surface area is 135 Å². The lowest BCUT2D eigenvalue weighted by molar-refractivity contribution is 0.171. The summed E-state index contributed by atoms with van der Waals surface area (Å²) in [5.41, 5.74) is 1.52. The molecule has 0 saturated heterocycles. The minimum Gasteiger partial charge on any atom is -0.399 e. The van der Waals surface area contributed by atoms with Crippen LogP contribution in [0.5, 0.6) is 0 Å². The fourth-order valence-electron chi connectivity index (χ4n) is 2.86. The van der Waals surface area contributed by atoms with Crippen molar-refractivity contribution in [1.29, 1.82) is 0 Å². The first-order chi connectivity index (χ1) is 9.62. The lowest BCUT2D eigenvalue weighted by atomic mass is 9.80. The second-order valence-electron chi connectivity index (χ2n) is 7.78. The van der Waals surface area contributed by atoms with Crippen LogP contribution in [0.1, 0.15) is 33.6 Å². The molecule has 2 aliphatic carbocycles. The van der Waals surface area contributed by atoms with Crippen LogP contribution in [-0.4, -0.2) is 13.3 Å². The zero-order chi connectivity index (χ0) is 15.7. The van der Waals surface area contributed by atoms with Gasteiger partial charge in [0.1, 0.15) is 4.93 Å². The molecule has 2 rings (SSSR count). The number of allylic oxidation sites excluding steroid dienone is 5. The van der Waals surface area contributed by atoms with Gasteiger partial charge in [-0.2, -0.15) is 0 Å². The SMILES string of the molecule is CC(C)(C)C1=CC=CCC1(O[Si](C)(C)C)SC1=CCC=C1. The molecule has 0 amide bonds. The second-order valence-corrected chi connectivity index (χ2v) is 13.5. The van der Waals surface area contributed by atoms with Gasteiger partial charge in [-0.3, -0.25) is 0 Å². The quantitative estimate of drug-likeness (QED) is 0.461. The molecule has 1 unspecified atom stereocenters. The first-order valence-corrected chi connectivity index (χ1v) is 12.0. The molecule has 0 radical (unpaired) electrons. The number of rotatable bonds is 4. The van der Waals surface area contributed by atoms with Crippen molar-refractivity contribution in [3.63, 3.8) is 0 Å². The highest BCUT2D eigenvalue weighted by Crippen LogP contribution is 2.52. The number of hydrogen-bond acceptors (Lipinski definition) is 2. The monoisotopic (exact) mass is 320 g/mol. The smallest absolute Gasteiger partial charge is 0.186 e. The van der Waals surface area contributed by atoms with Gasteiger partial charge < -0.3 is 4.43 Å². The molecule has 3 heteroatoms. The van der Waals surface area contributed by atoms with Gasteiger partial charge in [-0.1, -0.05) is 69.0 Å². The van der Waals surface area contributed by atoms with Crippen LogP contribution in [-0.2, 0) is 4.43 Å². The maximum Gasteiger partial charge on any atom is 0.186 e. The van der Waals surface area contributed by atoms with Crippen molar-refractivity contribution < 1.29 is 4.43 Å². The summed E-state index contributed by atoms with van der Waals surface area (Å²) in [4.78, 5) is 1.11. The Bertz CT molecular complexity index is 514. The van der Waals surface area contributed by atoms with Gasteiger partial charge in [-0.25, -0.2) is 0 Å². The Morgan fingerprint density at radius 3 is 2.43 bits per heavy atom. The Kier molecular flexibility index (Phi) is 4.77. The molecule has 2 aliphatic rings. The molecule has 0 heterocycles. The molecule has 0 aromatic heterocycles. The van der Waals surface area contributed by atoms with E-state index in [1.54, 1.807) is 0 Å². The normalized spacial score (nSPS) is 26.0. The van der Waals surface area contributed by atoms with Crippen molar-refractivity contribution in [2.75, 3.05) is 0 Å². The van der Waals surface area contributed by atoms with Gasteiger partial charge in [0.2, 0.25) is 0 Å². The Morgan fingerprint density at radius 2 is 1.90 bits per heavy atom. The summed E-state index contributed by atoms with van der Waals surface area (Å²) >= 11 is 1.90. The number of thioether (sulfide) groups is 1. The third-order valence-corrected chi connectivity index (χ3v) is 5.94. The van der Waals surface area contributed by atoms with E-state index in [1.807, 2.05) is 11.8 Å². The molecule has 0 saturated carbocycles. The van der Waals surface area contributed by atoms with Crippen LogP contribution in [0.4, 0.5) is 0 Å². The molecule has 0 fully saturated rings. The van der Waals surface area contributed by atoms with Crippen LogP contribution < -0.4 is 0 Å². The summed E-state index contributed by atoms with van der Waals surface area (Å²) in [6, 6.07) is 0. The highest BCUT2D eigenvalue weighted by molar-refractivity contribution is 8.04. The first-order valence-electron chi connectivity index (χ1n) is 7.76. The summed E-state index contributed by atoms with van der Waals surface area (Å²) in [5.74, 6) is 0. The minimum atomic E-state index is -1.66. The highest BCUT2D eigenvalue weighted by atomic mass is 32.2. The molecule has 0 spiro atoms. The highest BCUT2D eigenvalue weighted by Gasteiger charge is 2.44. The minimum absolute atomic E-state index is 0.111. The average Bonchev–Trinajstić information content (AvgIpc) is 2.78. The van der Waals surface area contributed by atoms with Gasteiger partial charge in [0.15, 0.2) is 8.32 Å². The van der Waals surface area contributed by atoms with E-state index in [1.165, 1.54) is 10.5 Å². The predicted molar refractivity (Wildman–Crippen MR) is 97.9 cm³/mol. The fraction of sp³-hybridized carbons (Fsp3) is 0.556. The van der Waals surface area contributed by atoms with E-state index in [9.17, 15) is 0 Å². The van der Waals surface area contributed by atoms with Crippen LogP contribution in [0.25, 0.3) is 0 Å². The molecule has 21 heavy (non-hydrogen) atoms. The molecule has 0 aromatic carbocycles. The molecule has 0 aromatic rings. The molecule has 116 valence electrons. The van der Waals surface area contributed by atoms with Crippen molar-refractivity contribution in [3.05, 3.63) is 46.9 Å². The molecular formula is C18H28OSSi. The molecule has 0 aliphatic heterocycles. The van der Waals surface area contributed by atoms with Crippen LogP contribution in [0.2, 0.25) is 19.6 Å². The van der Waals surface area contributed by atoms with E-state index in [4.69, 9.17) is 4.43 Å². The summed E-state index contributed by atoms with van der Waals surface area (Å²) in [6.07, 6.45) is 15.5. The van der Waals surface area contributed by atoms with Gasteiger partial charge in [0, 0.05) is 11.3 Å². The summed E-state index contributed by atoms with van der Waals surface area (Å²) in [6.45, 7) is 13.7. The third kappa shape index (κ3) is 4.24. The molecule has 1 nitrogen and oxygen atoms in total. The largest absolute Gasteiger partial charge is 0.399 e. The van der Waals surface area contributed by atoms with Crippen LogP contribution in [0.3, 0.4) is 0 Å². The maximum atomic E-state index is 6.77. The third-order valence-electron chi connectivity index (χ3n) is 3.49. The van der Waals surface area contributed by atoms with E-state index in [2.05, 4.69) is 76.9 Å². The lowest BCUT2D eigenvalue weighted by Crippen LogP contribution is -2.45. The Morgan fingerprint density at radius 1 is 1.19 bits per heavy atom.